The molecule has 6 aromatic rings. The van der Waals surface area contributed by atoms with Crippen LogP contribution in [0.5, 0.6) is 23.5 Å². The molecule has 5 heterocycles. The Morgan fingerprint density at radius 1 is 0.959 bits per heavy atom. The zero-order chi connectivity index (χ0) is 51.9. The number of hydrogen-bond acceptors (Lipinski definition) is 15. The zero-order valence-corrected chi connectivity index (χ0v) is 42.0. The first kappa shape index (κ1) is 51.4. The highest BCUT2D eigenvalue weighted by atomic mass is 35.5. The number of rotatable bonds is 19. The predicted molar refractivity (Wildman–Crippen MR) is 277 cm³/mol. The third kappa shape index (κ3) is 11.3. The van der Waals surface area contributed by atoms with E-state index >= 15 is 0 Å². The van der Waals surface area contributed by atoms with Crippen molar-refractivity contribution in [3.8, 4) is 46.7 Å². The number of aryl methyl sites for hydroxylation is 1. The fraction of sp³-hybridized carbons (Fsp3) is 0.389. The summed E-state index contributed by atoms with van der Waals surface area (Å²) in [5, 5.41) is 54.4. The van der Waals surface area contributed by atoms with Crippen molar-refractivity contribution in [3.63, 3.8) is 0 Å². The Morgan fingerprint density at radius 3 is 2.55 bits per heavy atom. The van der Waals surface area contributed by atoms with Gasteiger partial charge in [0.2, 0.25) is 5.91 Å². The number of benzene rings is 4. The Bertz CT molecular complexity index is 3070. The molecule has 74 heavy (non-hydrogen) atoms. The lowest BCUT2D eigenvalue weighted by molar-refractivity contribution is -0.131. The summed E-state index contributed by atoms with van der Waals surface area (Å²) in [6.45, 7) is 10.2. The molecular weight excluding hydrogens is 969 g/mol. The van der Waals surface area contributed by atoms with Crippen LogP contribution < -0.4 is 19.9 Å². The van der Waals surface area contributed by atoms with Crippen molar-refractivity contribution >= 4 is 45.7 Å². The number of nitrogens with zero attached hydrogens (tertiary/aromatic N) is 10. The third-order valence-electron chi connectivity index (χ3n) is 14.1. The van der Waals surface area contributed by atoms with E-state index in [0.29, 0.717) is 73.3 Å². The molecule has 9 rings (SSSR count). The Balaban J connectivity index is 0.774. The molecule has 2 saturated heterocycles. The van der Waals surface area contributed by atoms with Gasteiger partial charge in [0.05, 0.1) is 53.7 Å². The fourth-order valence-electron chi connectivity index (χ4n) is 10.2. The molecule has 3 aliphatic heterocycles. The van der Waals surface area contributed by atoms with Crippen LogP contribution in [0.25, 0.3) is 27.8 Å². The van der Waals surface area contributed by atoms with Crippen molar-refractivity contribution < 1.29 is 38.8 Å². The highest BCUT2D eigenvalue weighted by molar-refractivity contribution is 6.36. The standard InChI is InChI=1S/C54H59ClFN11O7/c1-3-36-28-42(47(69)29-46(36)68)51-61-62-54(72)67(51)38-15-13-35(14-16-38)30-58-48(70)19-27-73-26-7-22-63-21-6-10-40(63)33-74-53-59-44-32-64(45-12-5-9-37-8-4-11-43(55)49(37)45)23-18-41(44)50(60-53)65-24-25-66(52(71)34(2)56)39(31-65)17-20-57/h4-5,8-9,11-16,28-29,39-40,68-69H,2-3,6-7,10,17-19,21-27,30-33H2,1H3,(H,58,70)(H,62,72)/t39-,40-/m0/s1. The molecular formula is C54H59ClFN11O7. The molecule has 0 spiro atoms. The summed E-state index contributed by atoms with van der Waals surface area (Å²) >= 11 is 6.78. The number of fused-ring (bicyclic) bond motifs is 2. The number of carbonyl (C=O) groups is 2. The molecule has 2 atom stereocenters. The molecule has 0 unspecified atom stereocenters. The lowest BCUT2D eigenvalue weighted by Crippen LogP contribution is -2.55. The van der Waals surface area contributed by atoms with E-state index in [2.05, 4.69) is 48.9 Å². The van der Waals surface area contributed by atoms with Crippen LogP contribution in [0.4, 0.5) is 15.9 Å². The number of ether oxygens (including phenoxy) is 2. The molecule has 0 aliphatic carbocycles. The second kappa shape index (κ2) is 23.1. The van der Waals surface area contributed by atoms with Crippen molar-refractivity contribution in [1.82, 2.24) is 39.8 Å². The number of likely N-dealkylation sites (tertiary alicyclic amines) is 1. The number of anilines is 2. The Kier molecular flexibility index (Phi) is 16.1. The summed E-state index contributed by atoms with van der Waals surface area (Å²) in [6, 6.07) is 23.6. The lowest BCUT2D eigenvalue weighted by atomic mass is 10.0. The van der Waals surface area contributed by atoms with E-state index in [1.54, 1.807) is 18.2 Å². The smallest absolute Gasteiger partial charge is 0.319 e. The summed E-state index contributed by atoms with van der Waals surface area (Å²) in [6.07, 6.45) is 4.10. The van der Waals surface area contributed by atoms with E-state index in [0.717, 1.165) is 65.6 Å². The Hall–Kier alpha value is -7.53. The largest absolute Gasteiger partial charge is 0.508 e. The molecule has 386 valence electrons. The fourth-order valence-corrected chi connectivity index (χ4v) is 10.5. The first-order chi connectivity index (χ1) is 35.9. The van der Waals surface area contributed by atoms with Crippen LogP contribution in [0.15, 0.2) is 85.2 Å². The third-order valence-corrected chi connectivity index (χ3v) is 14.4. The van der Waals surface area contributed by atoms with Crippen LogP contribution in [-0.2, 0) is 40.3 Å². The summed E-state index contributed by atoms with van der Waals surface area (Å²) in [5.74, 6) is -1.34. The number of hydrogen-bond donors (Lipinski definition) is 4. The average molecular weight is 1030 g/mol. The number of phenols is 2. The van der Waals surface area contributed by atoms with Crippen molar-refractivity contribution in [1.29, 1.82) is 5.26 Å². The van der Waals surface area contributed by atoms with E-state index in [1.165, 1.54) is 15.5 Å². The van der Waals surface area contributed by atoms with E-state index in [4.69, 9.17) is 31.0 Å². The molecule has 18 nitrogen and oxygen atoms in total. The normalized spacial score (nSPS) is 16.8. The van der Waals surface area contributed by atoms with Crippen molar-refractivity contribution in [2.75, 3.05) is 68.9 Å². The Morgan fingerprint density at radius 2 is 1.77 bits per heavy atom. The van der Waals surface area contributed by atoms with Gasteiger partial charge in [0.15, 0.2) is 11.7 Å². The molecule has 2 fully saturated rings. The van der Waals surface area contributed by atoms with Gasteiger partial charge in [0.1, 0.15) is 23.9 Å². The first-order valence-corrected chi connectivity index (χ1v) is 25.4. The van der Waals surface area contributed by atoms with Gasteiger partial charge < -0.3 is 44.8 Å². The van der Waals surface area contributed by atoms with E-state index < -0.39 is 17.8 Å². The average Bonchev–Trinajstić information content (AvgIpc) is 4.03. The topological polar surface area (TPSA) is 219 Å². The number of carbonyl (C=O) groups excluding carboxylic acids is 2. The summed E-state index contributed by atoms with van der Waals surface area (Å²) in [5.41, 5.74) is 5.08. The first-order valence-electron chi connectivity index (χ1n) is 25.0. The van der Waals surface area contributed by atoms with Crippen LogP contribution in [0, 0.1) is 11.3 Å². The SMILES string of the molecule is C=C(F)C(=O)N1CCN(c2nc(OC[C@@H]3CCCN3CCCOCCC(=O)NCc3ccc(-n4c(O)nnc4-c4cc(CC)c(O)cc4O)cc3)nc3c2CCN(c2cccc4cccc(Cl)c24)C3)C[C@@H]1CC#N. The van der Waals surface area contributed by atoms with E-state index in [9.17, 15) is 34.6 Å². The monoisotopic (exact) mass is 1030 g/mol. The van der Waals surface area contributed by atoms with Gasteiger partial charge in [0.25, 0.3) is 5.91 Å². The number of amides is 2. The molecule has 0 saturated carbocycles. The summed E-state index contributed by atoms with van der Waals surface area (Å²) < 4.78 is 27.8. The second-order valence-corrected chi connectivity index (χ2v) is 19.1. The number of nitriles is 1. The summed E-state index contributed by atoms with van der Waals surface area (Å²) in [4.78, 5) is 43.7. The van der Waals surface area contributed by atoms with E-state index in [1.807, 2.05) is 49.4 Å². The molecule has 4 N–H and O–H groups in total. The van der Waals surface area contributed by atoms with Crippen LogP contribution >= 0.6 is 11.6 Å². The molecule has 2 aromatic heterocycles. The van der Waals surface area contributed by atoms with Crippen molar-refractivity contribution in [2.45, 2.75) is 77.0 Å². The van der Waals surface area contributed by atoms with Crippen LogP contribution in [0.2, 0.25) is 5.02 Å². The maximum Gasteiger partial charge on any atom is 0.319 e. The van der Waals surface area contributed by atoms with Gasteiger partial charge in [-0.15, -0.1) is 5.10 Å². The number of aromatic nitrogens is 5. The molecule has 0 bridgehead atoms. The minimum Gasteiger partial charge on any atom is -0.508 e. The van der Waals surface area contributed by atoms with Gasteiger partial charge in [0, 0.05) is 81.0 Å². The number of halogens is 2. The minimum absolute atomic E-state index is 0.0264. The highest BCUT2D eigenvalue weighted by Crippen LogP contribution is 2.39. The number of aromatic hydroxyl groups is 3. The quantitative estimate of drug-likeness (QED) is 0.0468. The zero-order valence-electron chi connectivity index (χ0n) is 41.2. The molecule has 0 radical (unpaired) electrons. The highest BCUT2D eigenvalue weighted by Gasteiger charge is 2.35. The predicted octanol–water partition coefficient (Wildman–Crippen LogP) is 7.14. The minimum atomic E-state index is -1.05. The van der Waals surface area contributed by atoms with Gasteiger partial charge in [-0.05, 0) is 85.5 Å². The number of piperazine rings is 1. The lowest BCUT2D eigenvalue weighted by Gasteiger charge is -2.42. The Labute approximate surface area is 433 Å². The van der Waals surface area contributed by atoms with Gasteiger partial charge >= 0.3 is 12.0 Å². The van der Waals surface area contributed by atoms with E-state index in [-0.39, 0.29) is 80.4 Å². The van der Waals surface area contributed by atoms with Gasteiger partial charge in [-0.25, -0.2) is 8.96 Å². The maximum atomic E-state index is 14.1. The van der Waals surface area contributed by atoms with Gasteiger partial charge in [-0.1, -0.05) is 66.6 Å². The van der Waals surface area contributed by atoms with Gasteiger partial charge in [-0.2, -0.15) is 15.2 Å². The van der Waals surface area contributed by atoms with Crippen LogP contribution in [-0.4, -0.2) is 133 Å². The summed E-state index contributed by atoms with van der Waals surface area (Å²) in [7, 11) is 0. The van der Waals surface area contributed by atoms with Crippen LogP contribution in [0.3, 0.4) is 0 Å². The molecule has 4 aromatic carbocycles. The number of nitrogens with one attached hydrogen (secondary N) is 1. The molecule has 2 amide bonds. The number of phenolic OH excluding ortho intramolecular Hbond substituents is 2. The molecule has 3 aliphatic rings. The van der Waals surface area contributed by atoms with Crippen molar-refractivity contribution in [3.05, 3.63) is 113 Å². The second-order valence-electron chi connectivity index (χ2n) is 18.7. The van der Waals surface area contributed by atoms with Gasteiger partial charge in [-0.3, -0.25) is 14.5 Å². The molecule has 20 heteroatoms. The maximum absolute atomic E-state index is 14.1. The van der Waals surface area contributed by atoms with Crippen molar-refractivity contribution in [2.24, 2.45) is 0 Å². The van der Waals surface area contributed by atoms with Crippen LogP contribution in [0.1, 0.15) is 61.4 Å².